The second-order valence-electron chi connectivity index (χ2n) is 6.08. The summed E-state index contributed by atoms with van der Waals surface area (Å²) in [6.07, 6.45) is 4.39. The Labute approximate surface area is 121 Å². The van der Waals surface area contributed by atoms with Gasteiger partial charge in [0.2, 0.25) is 11.0 Å². The SMILES string of the molecule is O=C(N[C@@H]1CCSC1=O)[C@@H]1C2CCC(CC2)[C@@H]1C(=O)O. The Morgan fingerprint density at radius 2 is 1.65 bits per heavy atom. The molecule has 1 saturated heterocycles. The molecule has 0 aromatic carbocycles. The molecule has 1 aliphatic heterocycles. The summed E-state index contributed by atoms with van der Waals surface area (Å²) in [6.45, 7) is 0. The third kappa shape index (κ3) is 2.34. The third-order valence-corrected chi connectivity index (χ3v) is 6.07. The van der Waals surface area contributed by atoms with Crippen LogP contribution < -0.4 is 5.32 Å². The van der Waals surface area contributed by atoms with Crippen LogP contribution in [0.15, 0.2) is 0 Å². The number of carbonyl (C=O) groups excluding carboxylic acids is 2. The first-order valence-electron chi connectivity index (χ1n) is 7.27. The predicted octanol–water partition coefficient (Wildman–Crippen LogP) is 1.27. The number of hydrogen-bond donors (Lipinski definition) is 2. The molecule has 1 heterocycles. The summed E-state index contributed by atoms with van der Waals surface area (Å²) in [5.74, 6) is -1.04. The number of carboxylic acids is 1. The van der Waals surface area contributed by atoms with Gasteiger partial charge in [-0.25, -0.2) is 0 Å². The summed E-state index contributed by atoms with van der Waals surface area (Å²) in [4.78, 5) is 35.6. The summed E-state index contributed by atoms with van der Waals surface area (Å²) >= 11 is 1.25. The standard InChI is InChI=1S/C14H19NO4S/c16-12(15-9-5-6-20-14(9)19)10-7-1-3-8(4-2-7)11(10)13(17)18/h7-11H,1-6H2,(H,15,16)(H,17,18)/t7?,8?,9-,10-,11+/m1/s1. The highest BCUT2D eigenvalue weighted by molar-refractivity contribution is 8.14. The summed E-state index contributed by atoms with van der Waals surface area (Å²) in [6, 6.07) is -0.414. The number of nitrogens with one attached hydrogen (secondary N) is 1. The number of hydrogen-bond acceptors (Lipinski definition) is 4. The fourth-order valence-electron chi connectivity index (χ4n) is 4.08. The fraction of sp³-hybridized carbons (Fsp3) is 0.786. The molecule has 4 aliphatic rings. The minimum absolute atomic E-state index is 0.00574. The molecule has 110 valence electrons. The Bertz CT molecular complexity index is 444. The molecular weight excluding hydrogens is 278 g/mol. The van der Waals surface area contributed by atoms with Crippen LogP contribution in [0.2, 0.25) is 0 Å². The van der Waals surface area contributed by atoms with E-state index in [1.165, 1.54) is 11.8 Å². The molecular formula is C14H19NO4S. The fourth-order valence-corrected chi connectivity index (χ4v) is 5.01. The average Bonchev–Trinajstić information content (AvgIpc) is 2.84. The molecule has 3 atom stereocenters. The zero-order valence-electron chi connectivity index (χ0n) is 11.2. The maximum absolute atomic E-state index is 12.5. The average molecular weight is 297 g/mol. The van der Waals surface area contributed by atoms with Crippen molar-refractivity contribution in [1.29, 1.82) is 0 Å². The van der Waals surface area contributed by atoms with Crippen LogP contribution in [-0.2, 0) is 14.4 Å². The van der Waals surface area contributed by atoms with Crippen LogP contribution in [0.4, 0.5) is 0 Å². The topological polar surface area (TPSA) is 83.5 Å². The van der Waals surface area contributed by atoms with E-state index in [1.807, 2.05) is 0 Å². The molecule has 2 N–H and O–H groups in total. The second-order valence-corrected chi connectivity index (χ2v) is 7.18. The minimum atomic E-state index is -0.855. The first-order chi connectivity index (χ1) is 9.58. The number of thioether (sulfide) groups is 1. The van der Waals surface area contributed by atoms with Gasteiger partial charge in [0.15, 0.2) is 0 Å². The highest BCUT2D eigenvalue weighted by atomic mass is 32.2. The van der Waals surface area contributed by atoms with Gasteiger partial charge < -0.3 is 10.4 Å². The smallest absolute Gasteiger partial charge is 0.307 e. The molecule has 4 rings (SSSR count). The lowest BCUT2D eigenvalue weighted by molar-refractivity contribution is -0.158. The van der Waals surface area contributed by atoms with E-state index in [-0.39, 0.29) is 22.9 Å². The van der Waals surface area contributed by atoms with Crippen molar-refractivity contribution >= 4 is 28.8 Å². The summed E-state index contributed by atoms with van der Waals surface area (Å²) in [5.41, 5.74) is 0. The molecule has 0 radical (unpaired) electrons. The van der Waals surface area contributed by atoms with E-state index in [0.717, 1.165) is 31.4 Å². The Morgan fingerprint density at radius 3 is 2.15 bits per heavy atom. The second kappa shape index (κ2) is 5.39. The number of carbonyl (C=O) groups is 3. The quantitative estimate of drug-likeness (QED) is 0.819. The molecule has 5 nitrogen and oxygen atoms in total. The van der Waals surface area contributed by atoms with Crippen molar-refractivity contribution in [3.8, 4) is 0 Å². The van der Waals surface area contributed by atoms with Gasteiger partial charge in [0, 0.05) is 5.75 Å². The summed E-state index contributed by atoms with van der Waals surface area (Å²) in [7, 11) is 0. The van der Waals surface area contributed by atoms with Crippen LogP contribution in [0.5, 0.6) is 0 Å². The molecule has 4 fully saturated rings. The maximum Gasteiger partial charge on any atom is 0.307 e. The van der Waals surface area contributed by atoms with Crippen molar-refractivity contribution in [3.05, 3.63) is 0 Å². The monoisotopic (exact) mass is 297 g/mol. The Hall–Kier alpha value is -1.04. The highest BCUT2D eigenvalue weighted by Crippen LogP contribution is 2.49. The third-order valence-electron chi connectivity index (χ3n) is 5.06. The van der Waals surface area contributed by atoms with Crippen LogP contribution >= 0.6 is 11.8 Å². The van der Waals surface area contributed by atoms with Gasteiger partial charge in [0.25, 0.3) is 0 Å². The highest BCUT2D eigenvalue weighted by Gasteiger charge is 2.50. The van der Waals surface area contributed by atoms with E-state index >= 15 is 0 Å². The zero-order chi connectivity index (χ0) is 14.3. The Balaban J connectivity index is 1.74. The number of amides is 1. The Kier molecular flexibility index (Phi) is 3.75. The van der Waals surface area contributed by atoms with Crippen LogP contribution in [0.25, 0.3) is 0 Å². The van der Waals surface area contributed by atoms with Gasteiger partial charge in [-0.15, -0.1) is 0 Å². The molecule has 0 spiro atoms. The van der Waals surface area contributed by atoms with E-state index in [9.17, 15) is 19.5 Å². The lowest BCUT2D eigenvalue weighted by atomic mass is 9.58. The summed E-state index contributed by atoms with van der Waals surface area (Å²) in [5, 5.41) is 12.2. The predicted molar refractivity (Wildman–Crippen MR) is 74.1 cm³/mol. The van der Waals surface area contributed by atoms with Crippen LogP contribution in [0, 0.1) is 23.7 Å². The van der Waals surface area contributed by atoms with Gasteiger partial charge in [-0.3, -0.25) is 14.4 Å². The molecule has 0 unspecified atom stereocenters. The van der Waals surface area contributed by atoms with Crippen molar-refractivity contribution in [2.24, 2.45) is 23.7 Å². The number of fused-ring (bicyclic) bond motifs is 3. The molecule has 6 heteroatoms. The van der Waals surface area contributed by atoms with E-state index in [1.54, 1.807) is 0 Å². The van der Waals surface area contributed by atoms with Gasteiger partial charge in [0.05, 0.1) is 17.9 Å². The van der Waals surface area contributed by atoms with Gasteiger partial charge in [-0.1, -0.05) is 11.8 Å². The van der Waals surface area contributed by atoms with E-state index in [0.29, 0.717) is 6.42 Å². The van der Waals surface area contributed by atoms with Gasteiger partial charge in [0.1, 0.15) is 0 Å². The lowest BCUT2D eigenvalue weighted by Crippen LogP contribution is -2.53. The number of carboxylic acid groups (broad SMARTS) is 1. The normalized spacial score (nSPS) is 39.8. The van der Waals surface area contributed by atoms with Crippen molar-refractivity contribution < 1.29 is 19.5 Å². The minimum Gasteiger partial charge on any atom is -0.481 e. The molecule has 0 aromatic rings. The van der Waals surface area contributed by atoms with Crippen molar-refractivity contribution in [1.82, 2.24) is 5.32 Å². The Morgan fingerprint density at radius 1 is 1.05 bits per heavy atom. The largest absolute Gasteiger partial charge is 0.481 e. The van der Waals surface area contributed by atoms with Crippen molar-refractivity contribution in [3.63, 3.8) is 0 Å². The molecule has 2 bridgehead atoms. The van der Waals surface area contributed by atoms with Crippen LogP contribution in [-0.4, -0.2) is 33.9 Å². The molecule has 20 heavy (non-hydrogen) atoms. The van der Waals surface area contributed by atoms with Crippen molar-refractivity contribution in [2.75, 3.05) is 5.75 Å². The molecule has 1 amide bonds. The molecule has 3 saturated carbocycles. The van der Waals surface area contributed by atoms with E-state index in [2.05, 4.69) is 5.32 Å². The van der Waals surface area contributed by atoms with E-state index < -0.39 is 23.8 Å². The number of aliphatic carboxylic acids is 1. The lowest BCUT2D eigenvalue weighted by Gasteiger charge is -2.46. The van der Waals surface area contributed by atoms with Gasteiger partial charge >= 0.3 is 5.97 Å². The van der Waals surface area contributed by atoms with E-state index in [4.69, 9.17) is 0 Å². The number of rotatable bonds is 3. The van der Waals surface area contributed by atoms with Gasteiger partial charge in [-0.2, -0.15) is 0 Å². The molecule has 0 aromatic heterocycles. The molecule has 3 aliphatic carbocycles. The van der Waals surface area contributed by atoms with Crippen LogP contribution in [0.1, 0.15) is 32.1 Å². The maximum atomic E-state index is 12.5. The zero-order valence-corrected chi connectivity index (χ0v) is 12.0. The van der Waals surface area contributed by atoms with Crippen LogP contribution in [0.3, 0.4) is 0 Å². The first kappa shape index (κ1) is 13.9. The first-order valence-corrected chi connectivity index (χ1v) is 8.26. The van der Waals surface area contributed by atoms with Gasteiger partial charge in [-0.05, 0) is 43.9 Å². The van der Waals surface area contributed by atoms with Crippen molar-refractivity contribution in [2.45, 2.75) is 38.1 Å². The summed E-state index contributed by atoms with van der Waals surface area (Å²) < 4.78 is 0.